The van der Waals surface area contributed by atoms with Crippen molar-refractivity contribution in [2.45, 2.75) is 13.8 Å². The van der Waals surface area contributed by atoms with E-state index in [2.05, 4.69) is 15.4 Å². The lowest BCUT2D eigenvalue weighted by molar-refractivity contribution is -0.384. The second-order valence-corrected chi connectivity index (χ2v) is 7.18. The summed E-state index contributed by atoms with van der Waals surface area (Å²) in [7, 11) is 0. The standard InChI is InChI=1S/C21H16ClN5O3/c1-12-9-19(23-18-6-4-3-5-15(12)18)26-20(10-13(2)25-26)24-21(28)16-11-14(27(29)30)7-8-17(16)22/h3-11H,1-2H3,(H,24,28). The van der Waals surface area contributed by atoms with E-state index in [1.54, 1.807) is 13.0 Å². The Hall–Kier alpha value is -3.78. The van der Waals surface area contributed by atoms with Gasteiger partial charge in [-0.25, -0.2) is 4.98 Å². The predicted octanol–water partition coefficient (Wildman–Crippen LogP) is 4.85. The number of anilines is 1. The molecule has 1 amide bonds. The zero-order chi connectivity index (χ0) is 21.4. The van der Waals surface area contributed by atoms with Crippen LogP contribution in [0.3, 0.4) is 0 Å². The molecular formula is C21H16ClN5O3. The highest BCUT2D eigenvalue weighted by molar-refractivity contribution is 6.34. The summed E-state index contributed by atoms with van der Waals surface area (Å²) < 4.78 is 1.53. The van der Waals surface area contributed by atoms with Gasteiger partial charge >= 0.3 is 0 Å². The molecule has 30 heavy (non-hydrogen) atoms. The fourth-order valence-corrected chi connectivity index (χ4v) is 3.39. The molecule has 4 aromatic rings. The number of aryl methyl sites for hydroxylation is 2. The van der Waals surface area contributed by atoms with E-state index in [0.29, 0.717) is 17.3 Å². The zero-order valence-electron chi connectivity index (χ0n) is 16.1. The smallest absolute Gasteiger partial charge is 0.270 e. The molecule has 0 atom stereocenters. The molecule has 2 aromatic heterocycles. The molecule has 4 rings (SSSR count). The maximum absolute atomic E-state index is 12.8. The summed E-state index contributed by atoms with van der Waals surface area (Å²) in [5.41, 5.74) is 2.27. The van der Waals surface area contributed by atoms with Crippen LogP contribution in [0.2, 0.25) is 5.02 Å². The maximum Gasteiger partial charge on any atom is 0.270 e. The lowest BCUT2D eigenvalue weighted by Gasteiger charge is -2.11. The van der Waals surface area contributed by atoms with Gasteiger partial charge < -0.3 is 5.32 Å². The van der Waals surface area contributed by atoms with Gasteiger partial charge in [0.05, 0.1) is 26.7 Å². The number of fused-ring (bicyclic) bond motifs is 1. The van der Waals surface area contributed by atoms with Crippen molar-refractivity contribution in [2.75, 3.05) is 5.32 Å². The van der Waals surface area contributed by atoms with Crippen molar-refractivity contribution in [3.8, 4) is 5.82 Å². The van der Waals surface area contributed by atoms with Gasteiger partial charge in [0.25, 0.3) is 11.6 Å². The largest absolute Gasteiger partial charge is 0.306 e. The van der Waals surface area contributed by atoms with E-state index < -0.39 is 10.8 Å². The molecule has 150 valence electrons. The number of benzene rings is 2. The number of aromatic nitrogens is 3. The summed E-state index contributed by atoms with van der Waals surface area (Å²) >= 11 is 6.09. The summed E-state index contributed by atoms with van der Waals surface area (Å²) in [6.07, 6.45) is 0. The Morgan fingerprint density at radius 1 is 1.13 bits per heavy atom. The van der Waals surface area contributed by atoms with Crippen molar-refractivity contribution in [3.05, 3.63) is 86.6 Å². The molecular weight excluding hydrogens is 406 g/mol. The summed E-state index contributed by atoms with van der Waals surface area (Å²) in [5, 5.41) is 19.4. The Labute approximate surface area is 176 Å². The molecule has 1 N–H and O–H groups in total. The molecule has 0 saturated carbocycles. The van der Waals surface area contributed by atoms with Crippen LogP contribution < -0.4 is 5.32 Å². The van der Waals surface area contributed by atoms with Crippen LogP contribution in [0.15, 0.2) is 54.6 Å². The van der Waals surface area contributed by atoms with E-state index in [-0.39, 0.29) is 16.3 Å². The Kier molecular flexibility index (Phi) is 4.93. The average molecular weight is 422 g/mol. The molecule has 0 aliphatic rings. The van der Waals surface area contributed by atoms with Crippen LogP contribution in [0, 0.1) is 24.0 Å². The number of hydrogen-bond acceptors (Lipinski definition) is 5. The topological polar surface area (TPSA) is 103 Å². The van der Waals surface area contributed by atoms with Crippen LogP contribution in [-0.2, 0) is 0 Å². The molecule has 0 fully saturated rings. The Balaban J connectivity index is 1.74. The predicted molar refractivity (Wildman–Crippen MR) is 114 cm³/mol. The number of amides is 1. The minimum Gasteiger partial charge on any atom is -0.306 e. The molecule has 2 aromatic carbocycles. The number of nitrogens with one attached hydrogen (secondary N) is 1. The van der Waals surface area contributed by atoms with Gasteiger partial charge in [-0.2, -0.15) is 9.78 Å². The van der Waals surface area contributed by atoms with Crippen molar-refractivity contribution < 1.29 is 9.72 Å². The Morgan fingerprint density at radius 2 is 1.90 bits per heavy atom. The molecule has 0 spiro atoms. The van der Waals surface area contributed by atoms with Crippen molar-refractivity contribution in [1.29, 1.82) is 0 Å². The summed E-state index contributed by atoms with van der Waals surface area (Å²) in [6, 6.07) is 15.0. The lowest BCUT2D eigenvalue weighted by Crippen LogP contribution is -2.16. The van der Waals surface area contributed by atoms with E-state index in [1.165, 1.54) is 16.8 Å². The van der Waals surface area contributed by atoms with E-state index in [9.17, 15) is 14.9 Å². The Bertz CT molecular complexity index is 1320. The highest BCUT2D eigenvalue weighted by Crippen LogP contribution is 2.25. The maximum atomic E-state index is 12.8. The fourth-order valence-electron chi connectivity index (χ4n) is 3.19. The monoisotopic (exact) mass is 421 g/mol. The number of pyridine rings is 1. The highest BCUT2D eigenvalue weighted by Gasteiger charge is 2.19. The highest BCUT2D eigenvalue weighted by atomic mass is 35.5. The van der Waals surface area contributed by atoms with Crippen LogP contribution in [0.4, 0.5) is 11.5 Å². The van der Waals surface area contributed by atoms with E-state index in [1.807, 2.05) is 37.3 Å². The number of non-ortho nitro benzene ring substituents is 1. The number of nitro groups is 1. The lowest BCUT2D eigenvalue weighted by atomic mass is 10.1. The van der Waals surface area contributed by atoms with Crippen LogP contribution in [0.25, 0.3) is 16.7 Å². The third-order valence-electron chi connectivity index (χ3n) is 4.61. The number of carbonyl (C=O) groups is 1. The first-order chi connectivity index (χ1) is 14.3. The molecule has 0 unspecified atom stereocenters. The third-order valence-corrected chi connectivity index (χ3v) is 4.93. The SMILES string of the molecule is Cc1cc(NC(=O)c2cc([N+](=O)[O-])ccc2Cl)n(-c2cc(C)c3ccccc3n2)n1. The van der Waals surface area contributed by atoms with Crippen LogP contribution >= 0.6 is 11.6 Å². The molecule has 0 bridgehead atoms. The van der Waals surface area contributed by atoms with E-state index >= 15 is 0 Å². The van der Waals surface area contributed by atoms with Crippen molar-refractivity contribution in [3.63, 3.8) is 0 Å². The van der Waals surface area contributed by atoms with Crippen molar-refractivity contribution >= 4 is 39.9 Å². The second-order valence-electron chi connectivity index (χ2n) is 6.77. The normalized spacial score (nSPS) is 10.9. The number of hydrogen-bond donors (Lipinski definition) is 1. The van der Waals surface area contributed by atoms with Gasteiger partial charge in [-0.05, 0) is 37.6 Å². The van der Waals surface area contributed by atoms with E-state index in [4.69, 9.17) is 11.6 Å². The summed E-state index contributed by atoms with van der Waals surface area (Å²) in [5.74, 6) is 0.337. The van der Waals surface area contributed by atoms with Gasteiger partial charge in [-0.1, -0.05) is 29.8 Å². The van der Waals surface area contributed by atoms with Gasteiger partial charge in [0.1, 0.15) is 5.82 Å². The number of nitrogens with zero attached hydrogens (tertiary/aromatic N) is 4. The quantitative estimate of drug-likeness (QED) is 0.374. The molecule has 0 aliphatic heterocycles. The van der Waals surface area contributed by atoms with Gasteiger partial charge in [0, 0.05) is 23.6 Å². The summed E-state index contributed by atoms with van der Waals surface area (Å²) in [4.78, 5) is 27.9. The second kappa shape index (κ2) is 7.57. The third kappa shape index (κ3) is 3.60. The minimum atomic E-state index is -0.581. The first kappa shape index (κ1) is 19.5. The van der Waals surface area contributed by atoms with E-state index in [0.717, 1.165) is 22.5 Å². The first-order valence-corrected chi connectivity index (χ1v) is 9.40. The first-order valence-electron chi connectivity index (χ1n) is 9.02. The van der Waals surface area contributed by atoms with Gasteiger partial charge in [0.2, 0.25) is 0 Å². The van der Waals surface area contributed by atoms with Gasteiger partial charge in [-0.3, -0.25) is 14.9 Å². The van der Waals surface area contributed by atoms with Crippen LogP contribution in [0.5, 0.6) is 0 Å². The zero-order valence-corrected chi connectivity index (χ0v) is 16.8. The van der Waals surface area contributed by atoms with Crippen LogP contribution in [-0.4, -0.2) is 25.6 Å². The van der Waals surface area contributed by atoms with Crippen molar-refractivity contribution in [1.82, 2.24) is 14.8 Å². The molecule has 8 nitrogen and oxygen atoms in total. The number of nitro benzene ring substituents is 1. The molecule has 0 saturated heterocycles. The number of carbonyl (C=O) groups excluding carboxylic acids is 1. The van der Waals surface area contributed by atoms with Crippen molar-refractivity contribution in [2.24, 2.45) is 0 Å². The fraction of sp³-hybridized carbons (Fsp3) is 0.0952. The molecule has 2 heterocycles. The molecule has 0 radical (unpaired) electrons. The summed E-state index contributed by atoms with van der Waals surface area (Å²) in [6.45, 7) is 3.77. The van der Waals surface area contributed by atoms with Crippen LogP contribution in [0.1, 0.15) is 21.6 Å². The molecule has 9 heteroatoms. The average Bonchev–Trinajstić information content (AvgIpc) is 3.08. The Morgan fingerprint density at radius 3 is 2.67 bits per heavy atom. The number of rotatable bonds is 4. The minimum absolute atomic E-state index is 0.000999. The van der Waals surface area contributed by atoms with Gasteiger partial charge in [-0.15, -0.1) is 0 Å². The van der Waals surface area contributed by atoms with Gasteiger partial charge in [0.15, 0.2) is 5.82 Å². The molecule has 0 aliphatic carbocycles. The number of para-hydroxylation sites is 1. The number of halogens is 1.